The second-order valence-corrected chi connectivity index (χ2v) is 30.5. The van der Waals surface area contributed by atoms with E-state index in [1.54, 1.807) is 92.6 Å². The molecular formula is C68H92F8N4O15S2. The Morgan fingerprint density at radius 2 is 0.732 bits per heavy atom. The SMILES string of the molecule is C[C@@H](OC(=O)C(CC(C)(C)C)N(C)C(=O)OC(C)(C)C)C(=O)N(C)[C@@H](CC(C)(C)F)C(=O)O[C@@H](Cc1ccc(SC(F)(F)F)cc1)C(=O)N(C)[C@@H](CC(C)(C)C)C(=O)O[C@H](C)C(=O)N(C)[C@@H](CC(C)(C)F)C(=O)O[C@@H](Cc1ccc(SC(F)(F)F)cc1)C(=O)OCc1ccccc1. The molecule has 0 fully saturated rings. The largest absolute Gasteiger partial charge is 0.458 e. The number of rotatable bonds is 30. The zero-order chi connectivity index (χ0) is 74.3. The van der Waals surface area contributed by atoms with Crippen LogP contribution >= 0.6 is 23.5 Å². The summed E-state index contributed by atoms with van der Waals surface area (Å²) in [5.41, 5.74) is -15.4. The summed E-state index contributed by atoms with van der Waals surface area (Å²) in [5.74, 6) is -9.49. The molecule has 0 aromatic heterocycles. The van der Waals surface area contributed by atoms with Gasteiger partial charge in [0.2, 0.25) is 6.10 Å². The third-order valence-corrected chi connectivity index (χ3v) is 15.8. The number of hydrogen-bond acceptors (Lipinski definition) is 17. The van der Waals surface area contributed by atoms with E-state index in [-0.39, 0.29) is 52.1 Å². The molecule has 0 radical (unpaired) electrons. The van der Waals surface area contributed by atoms with Crippen LogP contribution in [-0.4, -0.2) is 178 Å². The summed E-state index contributed by atoms with van der Waals surface area (Å²) < 4.78 is 145. The van der Waals surface area contributed by atoms with Gasteiger partial charge in [0.25, 0.3) is 17.7 Å². The Labute approximate surface area is 571 Å². The molecule has 3 rings (SSSR count). The van der Waals surface area contributed by atoms with Gasteiger partial charge in [0.15, 0.2) is 18.3 Å². The number of carbonyl (C=O) groups is 9. The number of amides is 4. The molecular weight excluding hydrogens is 1330 g/mol. The number of hydrogen-bond donors (Lipinski definition) is 0. The fraction of sp³-hybridized carbons (Fsp3) is 0.603. The van der Waals surface area contributed by atoms with Gasteiger partial charge in [-0.1, -0.05) is 96.1 Å². The van der Waals surface area contributed by atoms with Gasteiger partial charge >= 0.3 is 47.0 Å². The summed E-state index contributed by atoms with van der Waals surface area (Å²) >= 11 is -0.826. The molecule has 0 N–H and O–H groups in total. The predicted octanol–water partition coefficient (Wildman–Crippen LogP) is 13.0. The van der Waals surface area contributed by atoms with Crippen LogP contribution in [0.3, 0.4) is 0 Å². The van der Waals surface area contributed by atoms with E-state index < -0.39 is 178 Å². The van der Waals surface area contributed by atoms with Crippen molar-refractivity contribution in [1.29, 1.82) is 0 Å². The third kappa shape index (κ3) is 30.2. The topological polar surface area (TPSA) is 222 Å². The first kappa shape index (κ1) is 84.1. The van der Waals surface area contributed by atoms with Crippen LogP contribution < -0.4 is 0 Å². The Morgan fingerprint density at radius 3 is 1.08 bits per heavy atom. The van der Waals surface area contributed by atoms with Crippen LogP contribution in [0.2, 0.25) is 0 Å². The lowest BCUT2D eigenvalue weighted by Crippen LogP contribution is -2.54. The maximum atomic E-state index is 15.9. The highest BCUT2D eigenvalue weighted by molar-refractivity contribution is 8.00. The highest BCUT2D eigenvalue weighted by Crippen LogP contribution is 2.39. The lowest BCUT2D eigenvalue weighted by Gasteiger charge is -2.36. The van der Waals surface area contributed by atoms with E-state index in [0.29, 0.717) is 5.56 Å². The molecule has 542 valence electrons. The molecule has 1 unspecified atom stereocenters. The molecule has 0 aliphatic rings. The van der Waals surface area contributed by atoms with Gasteiger partial charge in [-0.15, -0.1) is 0 Å². The van der Waals surface area contributed by atoms with Gasteiger partial charge in [-0.2, -0.15) is 26.3 Å². The molecule has 0 aliphatic heterocycles. The molecule has 0 saturated heterocycles. The van der Waals surface area contributed by atoms with Crippen LogP contribution in [0.1, 0.15) is 146 Å². The molecule has 0 saturated carbocycles. The minimum absolute atomic E-state index is 0.0290. The van der Waals surface area contributed by atoms with Gasteiger partial charge in [-0.25, -0.2) is 37.5 Å². The summed E-state index contributed by atoms with van der Waals surface area (Å²) in [6.07, 6.45) is -11.1. The number of ether oxygens (including phenoxy) is 6. The Morgan fingerprint density at radius 1 is 0.402 bits per heavy atom. The first-order valence-electron chi connectivity index (χ1n) is 31.0. The van der Waals surface area contributed by atoms with E-state index in [1.807, 2.05) is 0 Å². The van der Waals surface area contributed by atoms with Crippen molar-refractivity contribution in [3.8, 4) is 0 Å². The number of halogens is 8. The van der Waals surface area contributed by atoms with Gasteiger partial charge in [-0.05, 0) is 150 Å². The molecule has 0 aliphatic carbocycles. The zero-order valence-electron chi connectivity index (χ0n) is 58.3. The van der Waals surface area contributed by atoms with E-state index in [9.17, 15) is 64.7 Å². The van der Waals surface area contributed by atoms with E-state index in [1.165, 1.54) is 38.2 Å². The molecule has 97 heavy (non-hydrogen) atoms. The van der Waals surface area contributed by atoms with Gasteiger partial charge in [0.05, 0.1) is 0 Å². The molecule has 0 heterocycles. The van der Waals surface area contributed by atoms with Crippen LogP contribution in [0, 0.1) is 10.8 Å². The van der Waals surface area contributed by atoms with Crippen LogP contribution in [0.4, 0.5) is 39.9 Å². The summed E-state index contributed by atoms with van der Waals surface area (Å²) in [5, 5.41) is 0. The zero-order valence-corrected chi connectivity index (χ0v) is 60.0. The standard InChI is InChI=1S/C68H92F8N4O15S2/c1-40(53(81)78(17)50(38-66(14,15)70)59(87)94-52(60(88)90-39-44-23-21-20-22-24-44)34-43-27-31-46(32-28-43)97-68(74,75)76)91-56(84)47(35-62(3,4)5)79(18)55(83)51(33-42-25-29-45(30-26-42)96-67(71,72)73)93-58(86)49(37-65(12,13)69)77(16)54(82)41(2)92-57(85)48(36-63(6,7)8)80(19)61(89)95-64(9,10)11/h20-32,40-41,47-52H,33-39H2,1-19H3/t40-,41-,47+,48?,49+,50+,51+,52+/m1/s1. The quantitative estimate of drug-likeness (QED) is 0.0262. The highest BCUT2D eigenvalue weighted by Gasteiger charge is 2.45. The molecule has 3 aromatic carbocycles. The van der Waals surface area contributed by atoms with Crippen molar-refractivity contribution in [2.75, 3.05) is 28.2 Å². The van der Waals surface area contributed by atoms with Crippen molar-refractivity contribution in [3.05, 3.63) is 95.6 Å². The molecule has 0 bridgehead atoms. The second kappa shape index (κ2) is 34.6. The summed E-state index contributed by atoms with van der Waals surface area (Å²) in [7, 11) is 4.58. The van der Waals surface area contributed by atoms with Gasteiger partial charge in [0.1, 0.15) is 47.7 Å². The lowest BCUT2D eigenvalue weighted by molar-refractivity contribution is -0.176. The number of benzene rings is 3. The van der Waals surface area contributed by atoms with Gasteiger partial charge in [-0.3, -0.25) is 19.3 Å². The van der Waals surface area contributed by atoms with Crippen molar-refractivity contribution >= 4 is 77.2 Å². The van der Waals surface area contributed by atoms with Crippen molar-refractivity contribution in [2.24, 2.45) is 10.8 Å². The summed E-state index contributed by atoms with van der Waals surface area (Å²) in [4.78, 5) is 131. The maximum Gasteiger partial charge on any atom is 0.446 e. The third-order valence-electron chi connectivity index (χ3n) is 14.4. The van der Waals surface area contributed by atoms with Crippen molar-refractivity contribution in [2.45, 2.75) is 235 Å². The fourth-order valence-electron chi connectivity index (χ4n) is 9.62. The maximum absolute atomic E-state index is 15.9. The monoisotopic (exact) mass is 1420 g/mol. The first-order valence-corrected chi connectivity index (χ1v) is 32.6. The average Bonchev–Trinajstić information content (AvgIpc) is 0.831. The Balaban J connectivity index is 2.06. The van der Waals surface area contributed by atoms with Gasteiger partial charge in [0, 0.05) is 63.7 Å². The average molecular weight is 1420 g/mol. The molecule has 8 atom stereocenters. The smallest absolute Gasteiger partial charge is 0.446 e. The summed E-state index contributed by atoms with van der Waals surface area (Å²) in [6, 6.07) is 11.0. The van der Waals surface area contributed by atoms with Crippen LogP contribution in [0.15, 0.2) is 88.7 Å². The van der Waals surface area contributed by atoms with E-state index in [2.05, 4.69) is 0 Å². The molecule has 19 nitrogen and oxygen atoms in total. The van der Waals surface area contributed by atoms with Crippen LogP contribution in [0.5, 0.6) is 0 Å². The van der Waals surface area contributed by atoms with Crippen LogP contribution in [-0.2, 0) is 86.2 Å². The first-order chi connectivity index (χ1) is 44.1. The van der Waals surface area contributed by atoms with E-state index >= 15 is 13.6 Å². The second-order valence-electron chi connectivity index (χ2n) is 28.3. The molecule has 0 spiro atoms. The minimum Gasteiger partial charge on any atom is -0.458 e. The van der Waals surface area contributed by atoms with Gasteiger partial charge < -0.3 is 43.1 Å². The molecule has 4 amide bonds. The fourth-order valence-corrected chi connectivity index (χ4v) is 10.7. The number of alkyl halides is 8. The van der Waals surface area contributed by atoms with E-state index in [0.717, 1.165) is 99.6 Å². The number of likely N-dealkylation sites (N-methyl/N-ethyl adjacent to an activating group) is 4. The molecule has 3 aromatic rings. The Hall–Kier alpha value is -7.17. The predicted molar refractivity (Wildman–Crippen MR) is 346 cm³/mol. The minimum atomic E-state index is -4.69. The van der Waals surface area contributed by atoms with Crippen molar-refractivity contribution < 1.29 is 107 Å². The van der Waals surface area contributed by atoms with Crippen LogP contribution in [0.25, 0.3) is 0 Å². The number of nitrogens with zero attached hydrogens (tertiary/aromatic N) is 4. The Kier molecular flexibility index (Phi) is 29.9. The van der Waals surface area contributed by atoms with Crippen molar-refractivity contribution in [3.63, 3.8) is 0 Å². The normalized spacial score (nSPS) is 15.0. The molecule has 29 heteroatoms. The lowest BCUT2D eigenvalue weighted by atomic mass is 9.87. The highest BCUT2D eigenvalue weighted by atomic mass is 32.2. The van der Waals surface area contributed by atoms with E-state index in [4.69, 9.17) is 28.4 Å². The Bertz CT molecular complexity index is 3160. The van der Waals surface area contributed by atoms with Crippen molar-refractivity contribution in [1.82, 2.24) is 19.6 Å². The number of esters is 5. The summed E-state index contributed by atoms with van der Waals surface area (Å²) in [6.45, 7) is 21.6. The number of carbonyl (C=O) groups excluding carboxylic acids is 9. The number of thioether (sulfide) groups is 2.